The third-order valence-electron chi connectivity index (χ3n) is 16.8. The molecule has 13 atom stereocenters. The zero-order valence-corrected chi connectivity index (χ0v) is 30.0. The molecule has 0 heterocycles. The summed E-state index contributed by atoms with van der Waals surface area (Å²) in [6.45, 7) is 0. The normalized spacial score (nSPS) is 42.6. The van der Waals surface area contributed by atoms with Crippen LogP contribution in [0.1, 0.15) is 137 Å². The summed E-state index contributed by atoms with van der Waals surface area (Å²) in [5.74, 6) is 12.7. The average Bonchev–Trinajstić information content (AvgIpc) is 3.97. The Morgan fingerprint density at radius 2 is 0.792 bits per heavy atom. The molecule has 0 amide bonds. The van der Waals surface area contributed by atoms with Gasteiger partial charge in [-0.3, -0.25) is 0 Å². The van der Waals surface area contributed by atoms with Crippen LogP contribution in [0.15, 0.2) is 87.5 Å². The maximum absolute atomic E-state index is 2.57. The predicted molar refractivity (Wildman–Crippen MR) is 198 cm³/mol. The lowest BCUT2D eigenvalue weighted by molar-refractivity contribution is 0.232. The van der Waals surface area contributed by atoms with Crippen LogP contribution in [-0.4, -0.2) is 0 Å². The van der Waals surface area contributed by atoms with E-state index in [0.717, 1.165) is 76.9 Å². The molecule has 1 heteroatoms. The van der Waals surface area contributed by atoms with Gasteiger partial charge in [0.2, 0.25) is 0 Å². The highest BCUT2D eigenvalue weighted by molar-refractivity contribution is 7.97. The molecule has 3 aromatic rings. The fourth-order valence-electron chi connectivity index (χ4n) is 14.9. The van der Waals surface area contributed by atoms with Crippen LogP contribution < -0.4 is 0 Å². The summed E-state index contributed by atoms with van der Waals surface area (Å²) >= 11 is 0. The lowest BCUT2D eigenvalue weighted by atomic mass is 9.73. The molecule has 3 aromatic carbocycles. The molecule has 0 nitrogen and oxygen atoms in total. The minimum atomic E-state index is -0.0639. The second-order valence-electron chi connectivity index (χ2n) is 18.5. The second-order valence-corrected chi connectivity index (χ2v) is 20.5. The minimum Gasteiger partial charge on any atom is -0.0537 e. The highest BCUT2D eigenvalue weighted by Crippen LogP contribution is 2.65. The Morgan fingerprint density at radius 3 is 1.33 bits per heavy atom. The van der Waals surface area contributed by atoms with Gasteiger partial charge in [-0.25, -0.2) is 0 Å². The summed E-state index contributed by atoms with van der Waals surface area (Å²) in [6, 6.07) is 30.6. The van der Waals surface area contributed by atoms with Crippen LogP contribution >= 0.6 is 0 Å². The number of benzene rings is 3. The number of hydrogen-bond donors (Lipinski definition) is 0. The van der Waals surface area contributed by atoms with Crippen LogP contribution in [0.25, 0.3) is 0 Å². The van der Waals surface area contributed by atoms with E-state index in [1.807, 2.05) is 0 Å². The molecule has 0 aromatic heterocycles. The van der Waals surface area contributed by atoms with Crippen molar-refractivity contribution in [1.29, 1.82) is 0 Å². The first-order valence-corrected chi connectivity index (χ1v) is 22.0. The van der Waals surface area contributed by atoms with Crippen LogP contribution in [0.4, 0.5) is 0 Å². The molecule has 13 unspecified atom stereocenters. The SMILES string of the molecule is c1cc([S+](c2ccc(C3CC4CC3C3CCCC43)cc2)c2ccc(C3CC4CC3C3CCCC43)cc2)ccc1C1CCC2CCCC2C1. The molecule has 4 bridgehead atoms. The minimum absolute atomic E-state index is 0.0639. The first-order chi connectivity index (χ1) is 23.7. The summed E-state index contributed by atoms with van der Waals surface area (Å²) in [5.41, 5.74) is 4.91. The number of hydrogen-bond acceptors (Lipinski definition) is 0. The molecular weight excluding hydrogens is 597 g/mol. The van der Waals surface area contributed by atoms with E-state index in [1.165, 1.54) is 117 Å². The van der Waals surface area contributed by atoms with Gasteiger partial charge >= 0.3 is 0 Å². The standard InChI is InChI=1S/C47H57S/c1-4-29-10-11-34(24-33(29)5-1)30-12-18-37(19-13-30)48(38-20-14-31(15-21-38)44-25-35-27-46(44)42-8-2-6-40(35)42)39-22-16-32(17-23-39)45-26-36-28-47(45)43-9-3-7-41(36)43/h12-23,29,33-36,40-47H,1-11,24-28H2/q+1. The largest absolute Gasteiger partial charge is 0.166 e. The quantitative estimate of drug-likeness (QED) is 0.232. The number of fused-ring (bicyclic) bond motifs is 11. The fraction of sp³-hybridized carbons (Fsp3) is 0.617. The molecular formula is C47H57S+. The molecule has 0 N–H and O–H groups in total. The zero-order chi connectivity index (χ0) is 31.3. The Hall–Kier alpha value is -1.99. The molecule has 8 saturated carbocycles. The summed E-state index contributed by atoms with van der Waals surface area (Å²) in [6.07, 6.45) is 23.9. The first-order valence-electron chi connectivity index (χ1n) is 20.8. The molecule has 0 radical (unpaired) electrons. The third-order valence-corrected chi connectivity index (χ3v) is 19.1. The van der Waals surface area contributed by atoms with E-state index < -0.39 is 0 Å². The Labute approximate surface area is 293 Å². The fourth-order valence-corrected chi connectivity index (χ4v) is 16.9. The molecule has 8 aliphatic carbocycles. The van der Waals surface area contributed by atoms with Crippen LogP contribution in [0.3, 0.4) is 0 Å². The summed E-state index contributed by atoms with van der Waals surface area (Å²) in [4.78, 5) is 4.54. The van der Waals surface area contributed by atoms with Gasteiger partial charge in [-0.1, -0.05) is 68.5 Å². The van der Waals surface area contributed by atoms with Crippen molar-refractivity contribution in [2.75, 3.05) is 0 Å². The van der Waals surface area contributed by atoms with E-state index in [2.05, 4.69) is 72.8 Å². The molecule has 8 aliphatic rings. The van der Waals surface area contributed by atoms with Crippen molar-refractivity contribution in [3.05, 3.63) is 89.5 Å². The average molecular weight is 654 g/mol. The third kappa shape index (κ3) is 4.74. The van der Waals surface area contributed by atoms with Crippen molar-refractivity contribution in [2.24, 2.45) is 59.2 Å². The van der Waals surface area contributed by atoms with E-state index in [4.69, 9.17) is 0 Å². The van der Waals surface area contributed by atoms with Crippen molar-refractivity contribution in [3.8, 4) is 0 Å². The van der Waals surface area contributed by atoms with Gasteiger partial charge in [0, 0.05) is 0 Å². The summed E-state index contributed by atoms with van der Waals surface area (Å²) < 4.78 is 0. The molecule has 0 aliphatic heterocycles. The Bertz CT molecular complexity index is 1530. The highest BCUT2D eigenvalue weighted by atomic mass is 32.2. The smallest absolute Gasteiger partial charge is 0.0537 e. The lowest BCUT2D eigenvalue weighted by Crippen LogP contribution is -2.23. The second kappa shape index (κ2) is 11.8. The van der Waals surface area contributed by atoms with Crippen molar-refractivity contribution in [1.82, 2.24) is 0 Å². The maximum atomic E-state index is 2.57. The van der Waals surface area contributed by atoms with Gasteiger partial charge in [-0.2, -0.15) is 0 Å². The van der Waals surface area contributed by atoms with Crippen molar-refractivity contribution in [3.63, 3.8) is 0 Å². The first kappa shape index (κ1) is 29.7. The summed E-state index contributed by atoms with van der Waals surface area (Å²) in [5, 5.41) is 0. The van der Waals surface area contributed by atoms with Gasteiger partial charge in [0.05, 0.1) is 10.9 Å². The van der Waals surface area contributed by atoms with Crippen LogP contribution in [0.5, 0.6) is 0 Å². The predicted octanol–water partition coefficient (Wildman–Crippen LogP) is 12.5. The van der Waals surface area contributed by atoms with Crippen molar-refractivity contribution < 1.29 is 0 Å². The lowest BCUT2D eigenvalue weighted by Gasteiger charge is -2.32. The maximum Gasteiger partial charge on any atom is 0.166 e. The van der Waals surface area contributed by atoms with Crippen LogP contribution in [0, 0.1) is 59.2 Å². The van der Waals surface area contributed by atoms with Gasteiger partial charge < -0.3 is 0 Å². The van der Waals surface area contributed by atoms with E-state index in [1.54, 1.807) is 16.7 Å². The van der Waals surface area contributed by atoms with E-state index in [0.29, 0.717) is 0 Å². The molecule has 48 heavy (non-hydrogen) atoms. The summed E-state index contributed by atoms with van der Waals surface area (Å²) in [7, 11) is -0.0639. The number of rotatable bonds is 6. The Balaban J connectivity index is 0.886. The zero-order valence-electron chi connectivity index (χ0n) is 29.2. The Kier molecular flexibility index (Phi) is 7.29. The topological polar surface area (TPSA) is 0 Å². The van der Waals surface area contributed by atoms with Gasteiger partial charge in [0.1, 0.15) is 0 Å². The van der Waals surface area contributed by atoms with Gasteiger partial charge in [0.15, 0.2) is 14.7 Å². The van der Waals surface area contributed by atoms with Gasteiger partial charge in [-0.15, -0.1) is 0 Å². The van der Waals surface area contributed by atoms with Gasteiger partial charge in [0.25, 0.3) is 0 Å². The van der Waals surface area contributed by atoms with E-state index in [-0.39, 0.29) is 10.9 Å². The molecule has 250 valence electrons. The van der Waals surface area contributed by atoms with Crippen molar-refractivity contribution in [2.45, 2.75) is 135 Å². The molecule has 8 fully saturated rings. The van der Waals surface area contributed by atoms with E-state index in [9.17, 15) is 0 Å². The Morgan fingerprint density at radius 1 is 0.333 bits per heavy atom. The molecule has 11 rings (SSSR count). The van der Waals surface area contributed by atoms with Crippen LogP contribution in [-0.2, 0) is 10.9 Å². The molecule has 0 spiro atoms. The van der Waals surface area contributed by atoms with Crippen LogP contribution in [0.2, 0.25) is 0 Å². The van der Waals surface area contributed by atoms with Crippen molar-refractivity contribution >= 4 is 10.9 Å². The van der Waals surface area contributed by atoms with Gasteiger partial charge in [-0.05, 0) is 201 Å². The highest BCUT2D eigenvalue weighted by Gasteiger charge is 2.55. The van der Waals surface area contributed by atoms with E-state index >= 15 is 0 Å². The monoisotopic (exact) mass is 653 g/mol. The molecule has 0 saturated heterocycles.